The number of hydrogen-bond donors (Lipinski definition) is 1. The number of ether oxygens (including phenoxy) is 4. The number of carbonyl (C=O) groups is 2. The van der Waals surface area contributed by atoms with Gasteiger partial charge in [-0.05, 0) is 56.2 Å². The Morgan fingerprint density at radius 3 is 2.46 bits per heavy atom. The van der Waals surface area contributed by atoms with E-state index < -0.39 is 30.4 Å². The second kappa shape index (κ2) is 13.1. The van der Waals surface area contributed by atoms with Gasteiger partial charge in [0.05, 0.1) is 22.2 Å². The summed E-state index contributed by atoms with van der Waals surface area (Å²) in [4.78, 5) is 25.7. The van der Waals surface area contributed by atoms with Gasteiger partial charge >= 0.3 is 12.3 Å². The molecule has 1 N–H and O–H groups in total. The minimum atomic E-state index is -4.54. The first-order valence-corrected chi connectivity index (χ1v) is 12.1. The molecule has 0 spiro atoms. The van der Waals surface area contributed by atoms with Crippen molar-refractivity contribution in [2.75, 3.05) is 38.2 Å². The van der Waals surface area contributed by atoms with E-state index in [4.69, 9.17) is 42.1 Å². The van der Waals surface area contributed by atoms with Gasteiger partial charge in [0.15, 0.2) is 12.8 Å². The lowest BCUT2D eigenvalue weighted by molar-refractivity contribution is -0.137. The molecule has 37 heavy (non-hydrogen) atoms. The number of carbonyl (C=O) groups excluding carboxylic acids is 2. The molecule has 202 valence electrons. The maximum absolute atomic E-state index is 12.7. The summed E-state index contributed by atoms with van der Waals surface area (Å²) < 4.78 is 59.3. The van der Waals surface area contributed by atoms with Gasteiger partial charge in [-0.3, -0.25) is 9.69 Å². The maximum Gasteiger partial charge on any atom is 0.509 e. The van der Waals surface area contributed by atoms with E-state index in [2.05, 4.69) is 5.32 Å². The third-order valence-electron chi connectivity index (χ3n) is 5.27. The molecule has 2 aromatic carbocycles. The second-order valence-corrected chi connectivity index (χ2v) is 8.72. The monoisotopic (exact) mass is 564 g/mol. The molecule has 13 heteroatoms. The Labute approximate surface area is 221 Å². The first-order valence-electron chi connectivity index (χ1n) is 11.4. The Balaban J connectivity index is 1.45. The molecule has 1 atom stereocenters. The number of hydrogen-bond acceptors (Lipinski definition) is 7. The van der Waals surface area contributed by atoms with Crippen molar-refractivity contribution in [2.24, 2.45) is 0 Å². The van der Waals surface area contributed by atoms with Crippen molar-refractivity contribution in [2.45, 2.75) is 32.2 Å². The summed E-state index contributed by atoms with van der Waals surface area (Å²) in [5.41, 5.74) is -0.552. The Hall–Kier alpha value is -2.89. The molecule has 0 radical (unpaired) electrons. The lowest BCUT2D eigenvalue weighted by Gasteiger charge is -2.23. The van der Waals surface area contributed by atoms with Crippen LogP contribution in [0.4, 0.5) is 23.7 Å². The van der Waals surface area contributed by atoms with E-state index in [9.17, 15) is 22.8 Å². The van der Waals surface area contributed by atoms with Crippen LogP contribution in [0.5, 0.6) is 11.5 Å². The average molecular weight is 565 g/mol. The highest BCUT2D eigenvalue weighted by Crippen LogP contribution is 2.34. The van der Waals surface area contributed by atoms with E-state index in [-0.39, 0.29) is 35.2 Å². The number of rotatable bonds is 10. The lowest BCUT2D eigenvalue weighted by atomic mass is 10.2. The quantitative estimate of drug-likeness (QED) is 0.354. The number of anilines is 1. The number of benzene rings is 2. The summed E-state index contributed by atoms with van der Waals surface area (Å²) in [5, 5.41) is 2.57. The van der Waals surface area contributed by atoms with Crippen LogP contribution in [0.3, 0.4) is 0 Å². The van der Waals surface area contributed by atoms with Gasteiger partial charge in [0, 0.05) is 18.8 Å². The molecule has 0 unspecified atom stereocenters. The number of amides is 1. The van der Waals surface area contributed by atoms with Crippen LogP contribution < -0.4 is 14.8 Å². The third kappa shape index (κ3) is 8.58. The van der Waals surface area contributed by atoms with Crippen molar-refractivity contribution in [3.63, 3.8) is 0 Å². The van der Waals surface area contributed by atoms with Crippen LogP contribution in [0.1, 0.15) is 25.3 Å². The minimum absolute atomic E-state index is 0.0560. The molecule has 1 amide bonds. The van der Waals surface area contributed by atoms with E-state index in [1.54, 1.807) is 19.1 Å². The Bertz CT molecular complexity index is 1100. The molecule has 0 saturated carbocycles. The summed E-state index contributed by atoms with van der Waals surface area (Å²) >= 11 is 12.1. The molecule has 0 bridgehead atoms. The predicted octanol–water partition coefficient (Wildman–Crippen LogP) is 6.00. The molecule has 1 aliphatic heterocycles. The molecule has 1 saturated heterocycles. The van der Waals surface area contributed by atoms with E-state index in [0.29, 0.717) is 24.4 Å². The van der Waals surface area contributed by atoms with Crippen molar-refractivity contribution in [1.29, 1.82) is 0 Å². The first kappa shape index (κ1) is 28.7. The van der Waals surface area contributed by atoms with E-state index >= 15 is 0 Å². The zero-order valence-corrected chi connectivity index (χ0v) is 21.3. The fraction of sp³-hybridized carbons (Fsp3) is 0.417. The van der Waals surface area contributed by atoms with Gasteiger partial charge in [-0.15, -0.1) is 0 Å². The number of nitrogens with zero attached hydrogens (tertiary/aromatic N) is 1. The van der Waals surface area contributed by atoms with Crippen molar-refractivity contribution in [3.05, 3.63) is 52.0 Å². The number of likely N-dealkylation sites (tertiary alicyclic amines) is 1. The zero-order valence-electron chi connectivity index (χ0n) is 19.8. The fourth-order valence-electron chi connectivity index (χ4n) is 3.55. The number of alkyl halides is 3. The largest absolute Gasteiger partial charge is 0.509 e. The smallest absolute Gasteiger partial charge is 0.491 e. The molecule has 0 aromatic heterocycles. The second-order valence-electron chi connectivity index (χ2n) is 7.91. The normalized spacial score (nSPS) is 15.8. The third-order valence-corrected chi connectivity index (χ3v) is 5.86. The van der Waals surface area contributed by atoms with Crippen LogP contribution >= 0.6 is 23.2 Å². The van der Waals surface area contributed by atoms with Crippen LogP contribution in [-0.4, -0.2) is 56.1 Å². The topological polar surface area (TPSA) is 86.3 Å². The summed E-state index contributed by atoms with van der Waals surface area (Å²) in [6, 6.07) is 7.24. The molecular weight excluding hydrogens is 540 g/mol. The molecule has 1 aliphatic rings. The SMILES string of the molecule is CCOC(=O)O[C@H]1CCCN1CCOc1ccc(NC(=O)COc2ccc(C(F)(F)F)cc2Cl)cc1Cl. The summed E-state index contributed by atoms with van der Waals surface area (Å²) in [6.07, 6.45) is -4.01. The van der Waals surface area contributed by atoms with Crippen LogP contribution in [0.2, 0.25) is 10.0 Å². The molecule has 0 aliphatic carbocycles. The van der Waals surface area contributed by atoms with Gasteiger partial charge in [0.2, 0.25) is 0 Å². The van der Waals surface area contributed by atoms with Gasteiger partial charge in [-0.25, -0.2) is 4.79 Å². The molecule has 1 fully saturated rings. The predicted molar refractivity (Wildman–Crippen MR) is 130 cm³/mol. The fourth-order valence-corrected chi connectivity index (χ4v) is 4.02. The lowest BCUT2D eigenvalue weighted by Crippen LogP contribution is -2.36. The number of halogens is 5. The molecule has 8 nitrogen and oxygen atoms in total. The Morgan fingerprint density at radius 2 is 1.78 bits per heavy atom. The summed E-state index contributed by atoms with van der Waals surface area (Å²) in [6.45, 7) is 3.01. The van der Waals surface area contributed by atoms with E-state index in [1.807, 2.05) is 4.90 Å². The highest BCUT2D eigenvalue weighted by molar-refractivity contribution is 6.32. The van der Waals surface area contributed by atoms with Gasteiger partial charge < -0.3 is 24.3 Å². The first-order chi connectivity index (χ1) is 17.6. The van der Waals surface area contributed by atoms with Crippen molar-refractivity contribution in [3.8, 4) is 11.5 Å². The summed E-state index contributed by atoms with van der Waals surface area (Å²) in [5.74, 6) is -0.226. The van der Waals surface area contributed by atoms with Gasteiger partial charge in [0.25, 0.3) is 5.91 Å². The summed E-state index contributed by atoms with van der Waals surface area (Å²) in [7, 11) is 0. The molecule has 1 heterocycles. The van der Waals surface area contributed by atoms with E-state index in [0.717, 1.165) is 31.2 Å². The van der Waals surface area contributed by atoms with E-state index in [1.165, 1.54) is 6.07 Å². The maximum atomic E-state index is 12.7. The van der Waals surface area contributed by atoms with Crippen molar-refractivity contribution < 1.29 is 41.7 Å². The van der Waals surface area contributed by atoms with Crippen LogP contribution in [0, 0.1) is 0 Å². The zero-order chi connectivity index (χ0) is 27.0. The Kier molecular flexibility index (Phi) is 10.1. The van der Waals surface area contributed by atoms with Crippen molar-refractivity contribution >= 4 is 41.0 Å². The van der Waals surface area contributed by atoms with Crippen LogP contribution in [-0.2, 0) is 20.4 Å². The van der Waals surface area contributed by atoms with Crippen molar-refractivity contribution in [1.82, 2.24) is 4.90 Å². The van der Waals surface area contributed by atoms with Crippen LogP contribution in [0.25, 0.3) is 0 Å². The highest BCUT2D eigenvalue weighted by Gasteiger charge is 2.31. The average Bonchev–Trinajstić information content (AvgIpc) is 3.25. The molecular formula is C24H25Cl2F3N2O6. The number of nitrogens with one attached hydrogen (secondary N) is 1. The molecule has 2 aromatic rings. The van der Waals surface area contributed by atoms with Gasteiger partial charge in [0.1, 0.15) is 18.1 Å². The van der Waals surface area contributed by atoms with Gasteiger partial charge in [-0.1, -0.05) is 23.2 Å². The van der Waals surface area contributed by atoms with Crippen LogP contribution in [0.15, 0.2) is 36.4 Å². The van der Waals surface area contributed by atoms with Gasteiger partial charge in [-0.2, -0.15) is 13.2 Å². The standard InChI is InChI=1S/C24H25Cl2F3N2O6/c1-2-34-23(33)37-22-4-3-9-31(22)10-11-35-19-8-6-16(13-18(19)26)30-21(32)14-36-20-7-5-15(12-17(20)25)24(27,28)29/h5-8,12-13,22H,2-4,9-11,14H2,1H3,(H,30,32)/t22-/m0/s1. The Morgan fingerprint density at radius 1 is 1.08 bits per heavy atom. The highest BCUT2D eigenvalue weighted by atomic mass is 35.5. The molecule has 3 rings (SSSR count). The minimum Gasteiger partial charge on any atom is -0.491 e.